The van der Waals surface area contributed by atoms with E-state index in [9.17, 15) is 0 Å². The van der Waals surface area contributed by atoms with Crippen molar-refractivity contribution in [2.24, 2.45) is 7.05 Å². The highest BCUT2D eigenvalue weighted by molar-refractivity contribution is 9.10. The van der Waals surface area contributed by atoms with Crippen LogP contribution in [0.15, 0.2) is 17.0 Å². The quantitative estimate of drug-likeness (QED) is 0.845. The second kappa shape index (κ2) is 3.41. The van der Waals surface area contributed by atoms with Crippen LogP contribution in [0.1, 0.15) is 5.82 Å². The van der Waals surface area contributed by atoms with Crippen molar-refractivity contribution in [3.63, 3.8) is 0 Å². The zero-order valence-corrected chi connectivity index (χ0v) is 9.14. The van der Waals surface area contributed by atoms with Crippen molar-refractivity contribution in [2.75, 3.05) is 5.73 Å². The minimum atomic E-state index is 0.479. The van der Waals surface area contributed by atoms with E-state index in [1.54, 1.807) is 11.0 Å². The summed E-state index contributed by atoms with van der Waals surface area (Å²) in [7, 11) is 1.89. The van der Waals surface area contributed by atoms with E-state index in [-0.39, 0.29) is 0 Å². The van der Waals surface area contributed by atoms with Crippen LogP contribution in [0.3, 0.4) is 0 Å². The minimum absolute atomic E-state index is 0.479. The van der Waals surface area contributed by atoms with Crippen LogP contribution in [0.5, 0.6) is 0 Å². The summed E-state index contributed by atoms with van der Waals surface area (Å²) in [5, 5.41) is 11.8. The molecular formula is C7H9BrN6. The molecule has 2 N–H and O–H groups in total. The molecular weight excluding hydrogens is 248 g/mol. The first kappa shape index (κ1) is 9.20. The third-order valence-electron chi connectivity index (χ3n) is 1.85. The molecule has 0 unspecified atom stereocenters. The van der Waals surface area contributed by atoms with Crippen LogP contribution in [0, 0.1) is 0 Å². The topological polar surface area (TPSA) is 74.5 Å². The van der Waals surface area contributed by atoms with Gasteiger partial charge in [-0.3, -0.25) is 4.68 Å². The van der Waals surface area contributed by atoms with E-state index in [4.69, 9.17) is 5.73 Å². The Morgan fingerprint density at radius 2 is 2.36 bits per heavy atom. The molecule has 74 valence electrons. The predicted octanol–water partition coefficient (Wildman–Crippen LogP) is 0.405. The van der Waals surface area contributed by atoms with E-state index in [2.05, 4.69) is 31.2 Å². The highest BCUT2D eigenvalue weighted by Gasteiger charge is 2.05. The van der Waals surface area contributed by atoms with E-state index in [1.807, 2.05) is 17.8 Å². The van der Waals surface area contributed by atoms with Gasteiger partial charge in [0.15, 0.2) is 11.6 Å². The first-order valence-corrected chi connectivity index (χ1v) is 4.77. The first-order chi connectivity index (χ1) is 6.66. The molecule has 0 fully saturated rings. The van der Waals surface area contributed by atoms with Crippen molar-refractivity contribution in [1.82, 2.24) is 24.5 Å². The second-order valence-electron chi connectivity index (χ2n) is 2.92. The fraction of sp³-hybridized carbons (Fsp3) is 0.286. The van der Waals surface area contributed by atoms with Gasteiger partial charge in [0, 0.05) is 13.2 Å². The monoisotopic (exact) mass is 256 g/mol. The molecule has 0 radical (unpaired) electrons. The third kappa shape index (κ3) is 1.63. The smallest absolute Gasteiger partial charge is 0.159 e. The standard InChI is InChI=1S/C7H9BrN6/c1-13-4-10-11-6(13)3-14-2-5(8)7(9)12-14/h2,4H,3H2,1H3,(H2,9,12). The predicted molar refractivity (Wildman–Crippen MR) is 54.4 cm³/mol. The first-order valence-electron chi connectivity index (χ1n) is 3.98. The number of rotatable bonds is 2. The number of nitrogens with zero attached hydrogens (tertiary/aromatic N) is 5. The number of hydrogen-bond acceptors (Lipinski definition) is 4. The molecule has 0 aliphatic carbocycles. The van der Waals surface area contributed by atoms with Gasteiger partial charge in [-0.15, -0.1) is 10.2 Å². The number of aromatic nitrogens is 5. The van der Waals surface area contributed by atoms with Crippen molar-refractivity contribution in [1.29, 1.82) is 0 Å². The summed E-state index contributed by atoms with van der Waals surface area (Å²) in [6.07, 6.45) is 3.46. The summed E-state index contributed by atoms with van der Waals surface area (Å²) >= 11 is 3.29. The van der Waals surface area contributed by atoms with Crippen LogP contribution in [-0.2, 0) is 13.6 Å². The number of hydrogen-bond donors (Lipinski definition) is 1. The molecule has 0 amide bonds. The molecule has 2 heterocycles. The highest BCUT2D eigenvalue weighted by Crippen LogP contribution is 2.16. The van der Waals surface area contributed by atoms with E-state index >= 15 is 0 Å². The molecule has 0 atom stereocenters. The molecule has 2 rings (SSSR count). The molecule has 6 nitrogen and oxygen atoms in total. The lowest BCUT2D eigenvalue weighted by Crippen LogP contribution is -2.06. The molecule has 14 heavy (non-hydrogen) atoms. The molecule has 0 aromatic carbocycles. The Morgan fingerprint density at radius 3 is 2.86 bits per heavy atom. The lowest BCUT2D eigenvalue weighted by atomic mass is 10.6. The molecule has 0 aliphatic rings. The Kier molecular flexibility index (Phi) is 2.24. The Labute approximate surface area is 88.9 Å². The molecule has 0 saturated heterocycles. The van der Waals surface area contributed by atoms with Gasteiger partial charge in [-0.25, -0.2) is 0 Å². The van der Waals surface area contributed by atoms with Crippen LogP contribution in [-0.4, -0.2) is 24.5 Å². The zero-order valence-electron chi connectivity index (χ0n) is 7.55. The van der Waals surface area contributed by atoms with Crippen molar-refractivity contribution in [3.05, 3.63) is 22.8 Å². The normalized spacial score (nSPS) is 10.7. The maximum Gasteiger partial charge on any atom is 0.159 e. The summed E-state index contributed by atoms with van der Waals surface area (Å²) in [5.74, 6) is 1.31. The van der Waals surface area contributed by atoms with Crippen LogP contribution < -0.4 is 5.73 Å². The molecule has 0 spiro atoms. The number of halogens is 1. The lowest BCUT2D eigenvalue weighted by molar-refractivity contribution is 0.632. The minimum Gasteiger partial charge on any atom is -0.381 e. The van der Waals surface area contributed by atoms with Crippen molar-refractivity contribution in [3.8, 4) is 0 Å². The third-order valence-corrected chi connectivity index (χ3v) is 2.46. The van der Waals surface area contributed by atoms with Gasteiger partial charge in [0.25, 0.3) is 0 Å². The average molecular weight is 257 g/mol. The fourth-order valence-electron chi connectivity index (χ4n) is 1.09. The molecule has 7 heteroatoms. The van der Waals surface area contributed by atoms with Gasteiger partial charge in [0.05, 0.1) is 4.47 Å². The maximum absolute atomic E-state index is 5.59. The Bertz CT molecular complexity index is 425. The average Bonchev–Trinajstić information content (AvgIpc) is 2.63. The van der Waals surface area contributed by atoms with Gasteiger partial charge in [-0.2, -0.15) is 5.10 Å². The number of anilines is 1. The zero-order chi connectivity index (χ0) is 10.1. The van der Waals surface area contributed by atoms with Gasteiger partial charge < -0.3 is 10.3 Å². The summed E-state index contributed by atoms with van der Waals surface area (Å²) in [5.41, 5.74) is 5.59. The highest BCUT2D eigenvalue weighted by atomic mass is 79.9. The molecule has 0 bridgehead atoms. The van der Waals surface area contributed by atoms with E-state index in [0.29, 0.717) is 12.4 Å². The van der Waals surface area contributed by atoms with E-state index in [0.717, 1.165) is 10.3 Å². The molecule has 0 aliphatic heterocycles. The van der Waals surface area contributed by atoms with E-state index in [1.165, 1.54) is 0 Å². The lowest BCUT2D eigenvalue weighted by Gasteiger charge is -1.99. The van der Waals surface area contributed by atoms with E-state index < -0.39 is 0 Å². The summed E-state index contributed by atoms with van der Waals surface area (Å²) in [6.45, 7) is 0.562. The Morgan fingerprint density at radius 1 is 1.57 bits per heavy atom. The Hall–Kier alpha value is -1.37. The van der Waals surface area contributed by atoms with Crippen LogP contribution in [0.4, 0.5) is 5.82 Å². The molecule has 2 aromatic rings. The second-order valence-corrected chi connectivity index (χ2v) is 3.77. The number of nitrogens with two attached hydrogens (primary N) is 1. The maximum atomic E-state index is 5.59. The van der Waals surface area contributed by atoms with Gasteiger partial charge in [-0.1, -0.05) is 0 Å². The van der Waals surface area contributed by atoms with Crippen LogP contribution >= 0.6 is 15.9 Å². The Balaban J connectivity index is 2.23. The summed E-state index contributed by atoms with van der Waals surface area (Å²) in [4.78, 5) is 0. The fourth-order valence-corrected chi connectivity index (χ4v) is 1.40. The van der Waals surface area contributed by atoms with Gasteiger partial charge in [0.2, 0.25) is 0 Å². The molecule has 0 saturated carbocycles. The van der Waals surface area contributed by atoms with Crippen LogP contribution in [0.25, 0.3) is 0 Å². The van der Waals surface area contributed by atoms with Crippen molar-refractivity contribution < 1.29 is 0 Å². The largest absolute Gasteiger partial charge is 0.381 e. The van der Waals surface area contributed by atoms with Gasteiger partial charge in [0.1, 0.15) is 12.9 Å². The number of aryl methyl sites for hydroxylation is 1. The molecule has 2 aromatic heterocycles. The number of nitrogen functional groups attached to an aromatic ring is 1. The van der Waals surface area contributed by atoms with Gasteiger partial charge in [-0.05, 0) is 15.9 Å². The van der Waals surface area contributed by atoms with Crippen molar-refractivity contribution >= 4 is 21.7 Å². The van der Waals surface area contributed by atoms with Crippen molar-refractivity contribution in [2.45, 2.75) is 6.54 Å². The van der Waals surface area contributed by atoms with Crippen LogP contribution in [0.2, 0.25) is 0 Å². The summed E-state index contributed by atoms with van der Waals surface area (Å²) < 4.78 is 4.34. The SMILES string of the molecule is Cn1cnnc1Cn1cc(Br)c(N)n1. The summed E-state index contributed by atoms with van der Waals surface area (Å²) in [6, 6.07) is 0. The van der Waals surface area contributed by atoms with Gasteiger partial charge >= 0.3 is 0 Å².